The lowest BCUT2D eigenvalue weighted by Gasteiger charge is -2.35. The van der Waals surface area contributed by atoms with Crippen LogP contribution in [0.15, 0.2) is 18.2 Å². The highest BCUT2D eigenvalue weighted by atomic mass is 16.6. The lowest BCUT2D eigenvalue weighted by molar-refractivity contribution is -0.384. The molecule has 1 aliphatic heterocycles. The topological polar surface area (TPSA) is 58.4 Å². The number of rotatable bonds is 5. The summed E-state index contributed by atoms with van der Waals surface area (Å²) in [4.78, 5) is 13.3. The Morgan fingerprint density at radius 2 is 2.00 bits per heavy atom. The number of nitrogens with one attached hydrogen (secondary N) is 1. The van der Waals surface area contributed by atoms with Gasteiger partial charge < -0.3 is 5.32 Å². The zero-order valence-corrected chi connectivity index (χ0v) is 13.1. The van der Waals surface area contributed by atoms with Crippen molar-refractivity contribution in [2.45, 2.75) is 33.7 Å². The van der Waals surface area contributed by atoms with Crippen LogP contribution in [0.5, 0.6) is 0 Å². The summed E-state index contributed by atoms with van der Waals surface area (Å²) in [5.41, 5.74) is 1.87. The molecule has 0 radical (unpaired) electrons. The van der Waals surface area contributed by atoms with E-state index in [2.05, 4.69) is 24.1 Å². The fourth-order valence-corrected chi connectivity index (χ4v) is 3.41. The number of nitro groups is 1. The fraction of sp³-hybridized carbons (Fsp3) is 0.625. The van der Waals surface area contributed by atoms with Gasteiger partial charge in [-0.05, 0) is 30.7 Å². The van der Waals surface area contributed by atoms with Gasteiger partial charge in [-0.15, -0.1) is 0 Å². The molecule has 1 saturated heterocycles. The van der Waals surface area contributed by atoms with Gasteiger partial charge in [-0.3, -0.25) is 15.0 Å². The molecule has 21 heavy (non-hydrogen) atoms. The van der Waals surface area contributed by atoms with E-state index in [-0.39, 0.29) is 10.6 Å². The van der Waals surface area contributed by atoms with Gasteiger partial charge in [-0.25, -0.2) is 0 Å². The molecule has 1 aromatic carbocycles. The van der Waals surface area contributed by atoms with Crippen molar-refractivity contribution in [3.63, 3.8) is 0 Å². The SMILES string of the molecule is CCNc1c(CN2CC(C)CC(C)C2)cccc1[N+](=O)[O-]. The van der Waals surface area contributed by atoms with E-state index in [9.17, 15) is 10.1 Å². The molecule has 0 amide bonds. The normalized spacial score (nSPS) is 23.0. The molecule has 0 aromatic heterocycles. The zero-order chi connectivity index (χ0) is 15.4. The van der Waals surface area contributed by atoms with Crippen LogP contribution in [0, 0.1) is 22.0 Å². The van der Waals surface area contributed by atoms with Gasteiger partial charge in [0.25, 0.3) is 5.69 Å². The van der Waals surface area contributed by atoms with Gasteiger partial charge >= 0.3 is 0 Å². The number of hydrogen-bond acceptors (Lipinski definition) is 4. The molecule has 5 nitrogen and oxygen atoms in total. The standard InChI is InChI=1S/C16H25N3O2/c1-4-17-16-14(6-5-7-15(16)19(20)21)11-18-9-12(2)8-13(3)10-18/h5-7,12-13,17H,4,8-11H2,1-3H3. The summed E-state index contributed by atoms with van der Waals surface area (Å²) in [6.07, 6.45) is 1.27. The number of likely N-dealkylation sites (tertiary alicyclic amines) is 1. The van der Waals surface area contributed by atoms with Gasteiger partial charge in [0.05, 0.1) is 4.92 Å². The molecule has 1 aliphatic rings. The Morgan fingerprint density at radius 3 is 2.57 bits per heavy atom. The van der Waals surface area contributed by atoms with Crippen molar-refractivity contribution < 1.29 is 4.92 Å². The molecule has 1 N–H and O–H groups in total. The predicted molar refractivity (Wildman–Crippen MR) is 85.5 cm³/mol. The van der Waals surface area contributed by atoms with Crippen LogP contribution in [0.3, 0.4) is 0 Å². The number of hydrogen-bond donors (Lipinski definition) is 1. The smallest absolute Gasteiger partial charge is 0.292 e. The van der Waals surface area contributed by atoms with E-state index in [1.807, 2.05) is 13.0 Å². The summed E-state index contributed by atoms with van der Waals surface area (Å²) in [6, 6.07) is 5.35. The molecule has 2 unspecified atom stereocenters. The van der Waals surface area contributed by atoms with E-state index >= 15 is 0 Å². The zero-order valence-electron chi connectivity index (χ0n) is 13.1. The second-order valence-corrected chi connectivity index (χ2v) is 6.24. The first-order chi connectivity index (χ1) is 10.0. The Kier molecular flexibility index (Phi) is 5.17. The Morgan fingerprint density at radius 1 is 1.33 bits per heavy atom. The monoisotopic (exact) mass is 291 g/mol. The van der Waals surface area contributed by atoms with Crippen LogP contribution in [0.25, 0.3) is 0 Å². The molecule has 0 aliphatic carbocycles. The van der Waals surface area contributed by atoms with E-state index in [0.717, 1.165) is 25.2 Å². The molecule has 2 rings (SSSR count). The molecule has 1 aromatic rings. The van der Waals surface area contributed by atoms with Crippen LogP contribution in [0.1, 0.15) is 32.8 Å². The lowest BCUT2D eigenvalue weighted by atomic mass is 9.91. The Bertz CT molecular complexity index is 494. The lowest BCUT2D eigenvalue weighted by Crippen LogP contribution is -2.38. The molecule has 5 heteroatoms. The van der Waals surface area contributed by atoms with E-state index < -0.39 is 0 Å². The average Bonchev–Trinajstić information content (AvgIpc) is 2.39. The minimum absolute atomic E-state index is 0.174. The first-order valence-corrected chi connectivity index (χ1v) is 7.73. The Labute approximate surface area is 126 Å². The molecule has 0 spiro atoms. The average molecular weight is 291 g/mol. The van der Waals surface area contributed by atoms with Crippen molar-refractivity contribution in [2.24, 2.45) is 11.8 Å². The summed E-state index contributed by atoms with van der Waals surface area (Å²) < 4.78 is 0. The van der Waals surface area contributed by atoms with Crippen LogP contribution >= 0.6 is 0 Å². The highest BCUT2D eigenvalue weighted by Gasteiger charge is 2.24. The van der Waals surface area contributed by atoms with Gasteiger partial charge in [-0.1, -0.05) is 26.0 Å². The van der Waals surface area contributed by atoms with Gasteiger partial charge in [0, 0.05) is 32.2 Å². The minimum atomic E-state index is -0.303. The Balaban J connectivity index is 2.22. The number of benzene rings is 1. The Hall–Kier alpha value is -1.62. The van der Waals surface area contributed by atoms with Gasteiger partial charge in [0.1, 0.15) is 5.69 Å². The van der Waals surface area contributed by atoms with Crippen LogP contribution in [-0.4, -0.2) is 29.5 Å². The largest absolute Gasteiger partial charge is 0.380 e. The maximum absolute atomic E-state index is 11.2. The summed E-state index contributed by atoms with van der Waals surface area (Å²) in [7, 11) is 0. The highest BCUT2D eigenvalue weighted by molar-refractivity contribution is 5.66. The van der Waals surface area contributed by atoms with Crippen LogP contribution < -0.4 is 5.32 Å². The summed E-state index contributed by atoms with van der Waals surface area (Å²) in [6.45, 7) is 10.1. The van der Waals surface area contributed by atoms with E-state index in [0.29, 0.717) is 24.1 Å². The third-order valence-corrected chi connectivity index (χ3v) is 4.02. The number of piperidine rings is 1. The number of para-hydroxylation sites is 1. The third kappa shape index (κ3) is 3.94. The first kappa shape index (κ1) is 15.8. The quantitative estimate of drug-likeness (QED) is 0.666. The van der Waals surface area contributed by atoms with E-state index in [1.165, 1.54) is 6.42 Å². The first-order valence-electron chi connectivity index (χ1n) is 7.73. The van der Waals surface area contributed by atoms with Gasteiger partial charge in [-0.2, -0.15) is 0 Å². The number of anilines is 1. The second-order valence-electron chi connectivity index (χ2n) is 6.24. The van der Waals surface area contributed by atoms with Gasteiger partial charge in [0.15, 0.2) is 0 Å². The molecule has 1 heterocycles. The van der Waals surface area contributed by atoms with Crippen LogP contribution in [0.4, 0.5) is 11.4 Å². The molecular formula is C16H25N3O2. The number of nitrogens with zero attached hydrogens (tertiary/aromatic N) is 2. The van der Waals surface area contributed by atoms with Crippen LogP contribution in [-0.2, 0) is 6.54 Å². The molecule has 0 saturated carbocycles. The maximum Gasteiger partial charge on any atom is 0.292 e. The minimum Gasteiger partial charge on any atom is -0.380 e. The third-order valence-electron chi connectivity index (χ3n) is 4.02. The molecular weight excluding hydrogens is 266 g/mol. The second kappa shape index (κ2) is 6.89. The summed E-state index contributed by atoms with van der Waals surface area (Å²) in [5, 5.41) is 14.4. The number of nitro benzene ring substituents is 1. The van der Waals surface area contributed by atoms with E-state index in [1.54, 1.807) is 12.1 Å². The molecule has 1 fully saturated rings. The van der Waals surface area contributed by atoms with Crippen LogP contribution in [0.2, 0.25) is 0 Å². The van der Waals surface area contributed by atoms with Crippen molar-refractivity contribution in [3.8, 4) is 0 Å². The molecule has 0 bridgehead atoms. The fourth-order valence-electron chi connectivity index (χ4n) is 3.41. The van der Waals surface area contributed by atoms with Gasteiger partial charge in [0.2, 0.25) is 0 Å². The van der Waals surface area contributed by atoms with Crippen molar-refractivity contribution in [2.75, 3.05) is 25.0 Å². The van der Waals surface area contributed by atoms with E-state index in [4.69, 9.17) is 0 Å². The molecule has 116 valence electrons. The summed E-state index contributed by atoms with van der Waals surface area (Å²) >= 11 is 0. The summed E-state index contributed by atoms with van der Waals surface area (Å²) in [5.74, 6) is 1.38. The van der Waals surface area contributed by atoms with Crippen molar-refractivity contribution in [1.82, 2.24) is 4.90 Å². The van der Waals surface area contributed by atoms with Crippen molar-refractivity contribution >= 4 is 11.4 Å². The highest BCUT2D eigenvalue weighted by Crippen LogP contribution is 2.30. The van der Waals surface area contributed by atoms with Crippen molar-refractivity contribution in [1.29, 1.82) is 0 Å². The predicted octanol–water partition coefficient (Wildman–Crippen LogP) is 3.50. The van der Waals surface area contributed by atoms with Crippen molar-refractivity contribution in [3.05, 3.63) is 33.9 Å². The maximum atomic E-state index is 11.2. The molecule has 2 atom stereocenters.